The first-order valence-corrected chi connectivity index (χ1v) is 9.26. The molecule has 4 rings (SSSR count). The number of thiophene rings is 1. The van der Waals surface area contributed by atoms with E-state index in [-0.39, 0.29) is 11.9 Å². The molecule has 2 aromatic heterocycles. The van der Waals surface area contributed by atoms with Gasteiger partial charge in [-0.1, -0.05) is 0 Å². The fourth-order valence-electron chi connectivity index (χ4n) is 3.38. The number of aromatic nitrogens is 3. The molecule has 4 heterocycles. The van der Waals surface area contributed by atoms with E-state index in [2.05, 4.69) is 33.8 Å². The molecule has 0 radical (unpaired) electrons. The van der Waals surface area contributed by atoms with Crippen LogP contribution in [0.5, 0.6) is 0 Å². The van der Waals surface area contributed by atoms with Crippen LogP contribution in [0.4, 0.5) is 5.95 Å². The quantitative estimate of drug-likeness (QED) is 0.889. The van der Waals surface area contributed by atoms with Gasteiger partial charge in [-0.2, -0.15) is 10.1 Å². The maximum absolute atomic E-state index is 13.3. The SMILES string of the molecule is CC1=C(C(=O)N2CCOCC2)C(c2sccc2C)n2nc(C)nc2N1. The summed E-state index contributed by atoms with van der Waals surface area (Å²) in [6.45, 7) is 8.29. The van der Waals surface area contributed by atoms with Gasteiger partial charge in [0.05, 0.1) is 18.8 Å². The van der Waals surface area contributed by atoms with Gasteiger partial charge in [0.2, 0.25) is 5.95 Å². The van der Waals surface area contributed by atoms with Crippen LogP contribution in [0.3, 0.4) is 0 Å². The van der Waals surface area contributed by atoms with Gasteiger partial charge in [-0.15, -0.1) is 11.3 Å². The second-order valence-electron chi connectivity index (χ2n) is 6.37. The van der Waals surface area contributed by atoms with E-state index in [1.54, 1.807) is 11.3 Å². The number of rotatable bonds is 2. The summed E-state index contributed by atoms with van der Waals surface area (Å²) in [6.07, 6.45) is 0. The van der Waals surface area contributed by atoms with Crippen LogP contribution in [0.1, 0.15) is 29.2 Å². The van der Waals surface area contributed by atoms with Crippen molar-refractivity contribution in [1.29, 1.82) is 0 Å². The smallest absolute Gasteiger partial charge is 0.254 e. The zero-order valence-corrected chi connectivity index (χ0v) is 15.4. The average molecular weight is 359 g/mol. The largest absolute Gasteiger partial charge is 0.378 e. The van der Waals surface area contributed by atoms with Gasteiger partial charge in [0.15, 0.2) is 0 Å². The van der Waals surface area contributed by atoms with E-state index in [0.29, 0.717) is 38.1 Å². The van der Waals surface area contributed by atoms with E-state index in [1.807, 2.05) is 23.4 Å². The van der Waals surface area contributed by atoms with Crippen LogP contribution in [0.25, 0.3) is 0 Å². The number of carbonyl (C=O) groups excluding carboxylic acids is 1. The molecule has 1 saturated heterocycles. The predicted molar refractivity (Wildman–Crippen MR) is 95.7 cm³/mol. The molecule has 1 amide bonds. The first kappa shape index (κ1) is 16.3. The molecule has 1 unspecified atom stereocenters. The van der Waals surface area contributed by atoms with Crippen molar-refractivity contribution in [3.63, 3.8) is 0 Å². The first-order valence-electron chi connectivity index (χ1n) is 8.38. The molecule has 25 heavy (non-hydrogen) atoms. The Kier molecular flexibility index (Phi) is 4.09. The summed E-state index contributed by atoms with van der Waals surface area (Å²) in [6, 6.07) is 1.84. The Balaban J connectivity index is 1.82. The van der Waals surface area contributed by atoms with Crippen LogP contribution in [-0.2, 0) is 9.53 Å². The molecule has 132 valence electrons. The molecule has 1 atom stereocenters. The number of amides is 1. The summed E-state index contributed by atoms with van der Waals surface area (Å²) in [7, 11) is 0. The van der Waals surface area contributed by atoms with Crippen molar-refractivity contribution in [2.75, 3.05) is 31.6 Å². The molecule has 7 nitrogen and oxygen atoms in total. The summed E-state index contributed by atoms with van der Waals surface area (Å²) in [5.41, 5.74) is 2.75. The molecule has 0 saturated carbocycles. The zero-order chi connectivity index (χ0) is 17.6. The maximum atomic E-state index is 13.3. The van der Waals surface area contributed by atoms with Gasteiger partial charge in [0.1, 0.15) is 11.9 Å². The zero-order valence-electron chi connectivity index (χ0n) is 14.6. The highest BCUT2D eigenvalue weighted by atomic mass is 32.1. The van der Waals surface area contributed by atoms with E-state index in [0.717, 1.165) is 21.7 Å². The third kappa shape index (κ3) is 2.75. The second kappa shape index (κ2) is 6.27. The maximum Gasteiger partial charge on any atom is 0.254 e. The predicted octanol–water partition coefficient (Wildman–Crippen LogP) is 2.10. The molecular weight excluding hydrogens is 338 g/mol. The number of nitrogens with zero attached hydrogens (tertiary/aromatic N) is 4. The van der Waals surface area contributed by atoms with Gasteiger partial charge in [-0.25, -0.2) is 4.68 Å². The van der Waals surface area contributed by atoms with Crippen LogP contribution in [-0.4, -0.2) is 51.9 Å². The third-order valence-corrected chi connectivity index (χ3v) is 5.71. The van der Waals surface area contributed by atoms with E-state index >= 15 is 0 Å². The number of anilines is 1. The van der Waals surface area contributed by atoms with Gasteiger partial charge in [-0.3, -0.25) is 4.79 Å². The van der Waals surface area contributed by atoms with Crippen molar-refractivity contribution >= 4 is 23.2 Å². The highest BCUT2D eigenvalue weighted by Crippen LogP contribution is 2.39. The summed E-state index contributed by atoms with van der Waals surface area (Å²) < 4.78 is 7.23. The molecule has 0 bridgehead atoms. The molecule has 1 fully saturated rings. The Morgan fingerprint density at radius 1 is 1.32 bits per heavy atom. The van der Waals surface area contributed by atoms with Gasteiger partial charge >= 0.3 is 0 Å². The lowest BCUT2D eigenvalue weighted by molar-refractivity contribution is -0.131. The average Bonchev–Trinajstić information content (AvgIpc) is 3.18. The van der Waals surface area contributed by atoms with Crippen molar-refractivity contribution in [2.45, 2.75) is 26.8 Å². The summed E-state index contributed by atoms with van der Waals surface area (Å²) in [4.78, 5) is 20.8. The number of nitrogens with one attached hydrogen (secondary N) is 1. The van der Waals surface area contributed by atoms with Crippen LogP contribution < -0.4 is 5.32 Å². The number of ether oxygens (including phenoxy) is 1. The molecule has 0 aromatic carbocycles. The molecule has 2 aromatic rings. The Labute approximate surface area is 150 Å². The minimum Gasteiger partial charge on any atom is -0.378 e. The Morgan fingerprint density at radius 2 is 2.08 bits per heavy atom. The monoisotopic (exact) mass is 359 g/mol. The summed E-state index contributed by atoms with van der Waals surface area (Å²) in [5, 5.41) is 9.88. The first-order chi connectivity index (χ1) is 12.1. The second-order valence-corrected chi connectivity index (χ2v) is 7.31. The Bertz CT molecular complexity index is 847. The highest BCUT2D eigenvalue weighted by molar-refractivity contribution is 7.10. The van der Waals surface area contributed by atoms with Crippen LogP contribution in [0.15, 0.2) is 22.7 Å². The fourth-order valence-corrected chi connectivity index (χ4v) is 4.40. The lowest BCUT2D eigenvalue weighted by Gasteiger charge is -2.33. The molecule has 0 spiro atoms. The summed E-state index contributed by atoms with van der Waals surface area (Å²) >= 11 is 1.65. The Hall–Kier alpha value is -2.19. The van der Waals surface area contributed by atoms with Crippen molar-refractivity contribution in [2.24, 2.45) is 0 Å². The van der Waals surface area contributed by atoms with Crippen LogP contribution in [0.2, 0.25) is 0 Å². The van der Waals surface area contributed by atoms with Gasteiger partial charge < -0.3 is 15.0 Å². The number of morpholine rings is 1. The lowest BCUT2D eigenvalue weighted by atomic mass is 9.98. The molecule has 1 N–H and O–H groups in total. The number of hydrogen-bond donors (Lipinski definition) is 1. The molecule has 8 heteroatoms. The molecule has 2 aliphatic rings. The van der Waals surface area contributed by atoms with Crippen LogP contribution >= 0.6 is 11.3 Å². The number of hydrogen-bond acceptors (Lipinski definition) is 6. The van der Waals surface area contributed by atoms with E-state index in [9.17, 15) is 4.79 Å². The van der Waals surface area contributed by atoms with Gasteiger partial charge in [-0.05, 0) is 37.8 Å². The van der Waals surface area contributed by atoms with E-state index in [4.69, 9.17) is 4.74 Å². The molecule has 0 aliphatic carbocycles. The van der Waals surface area contributed by atoms with Crippen molar-refractivity contribution in [3.05, 3.63) is 39.0 Å². The normalized spacial score (nSPS) is 20.4. The number of carbonyl (C=O) groups is 1. The van der Waals surface area contributed by atoms with E-state index in [1.165, 1.54) is 0 Å². The lowest BCUT2D eigenvalue weighted by Crippen LogP contribution is -2.44. The number of aryl methyl sites for hydroxylation is 2. The number of fused-ring (bicyclic) bond motifs is 1. The fraction of sp³-hybridized carbons (Fsp3) is 0.471. The Morgan fingerprint density at radius 3 is 2.76 bits per heavy atom. The number of allylic oxidation sites excluding steroid dienone is 1. The molecular formula is C17H21N5O2S. The van der Waals surface area contributed by atoms with Crippen molar-refractivity contribution < 1.29 is 9.53 Å². The van der Waals surface area contributed by atoms with Crippen molar-refractivity contribution in [1.82, 2.24) is 19.7 Å². The standard InChI is InChI=1S/C17H21N5O2S/c1-10-4-9-25-15(10)14-13(16(23)21-5-7-24-8-6-21)11(2)18-17-19-12(3)20-22(14)17/h4,9,14H,5-8H2,1-3H3,(H,18,19,20). The minimum atomic E-state index is -0.243. The summed E-state index contributed by atoms with van der Waals surface area (Å²) in [5.74, 6) is 1.42. The third-order valence-electron chi connectivity index (χ3n) is 4.64. The van der Waals surface area contributed by atoms with Gasteiger partial charge in [0, 0.05) is 23.7 Å². The minimum absolute atomic E-state index is 0.0462. The van der Waals surface area contributed by atoms with Crippen LogP contribution in [0, 0.1) is 13.8 Å². The topological polar surface area (TPSA) is 72.3 Å². The van der Waals surface area contributed by atoms with Gasteiger partial charge in [0.25, 0.3) is 5.91 Å². The van der Waals surface area contributed by atoms with Crippen molar-refractivity contribution in [3.8, 4) is 0 Å². The molecule has 2 aliphatic heterocycles. The highest BCUT2D eigenvalue weighted by Gasteiger charge is 2.37. The van der Waals surface area contributed by atoms with E-state index < -0.39 is 0 Å².